The first-order valence-corrected chi connectivity index (χ1v) is 6.62. The fraction of sp³-hybridized carbons (Fsp3) is 0.800. The summed E-state index contributed by atoms with van der Waals surface area (Å²) in [7, 11) is 0. The normalized spacial score (nSPS) is 12.8. The van der Waals surface area contributed by atoms with Crippen molar-refractivity contribution in [3.05, 3.63) is 0 Å². The quantitative estimate of drug-likeness (QED) is 0.512. The van der Waals surface area contributed by atoms with Gasteiger partial charge in [0, 0.05) is 0 Å². The first-order chi connectivity index (χ1) is 7.80. The lowest BCUT2D eigenvalue weighted by molar-refractivity contribution is -0.131. The van der Waals surface area contributed by atoms with Crippen LogP contribution in [0.1, 0.15) is 27.2 Å². The number of carbonyl (C=O) groups is 2. The average molecular weight is 264 g/mol. The molecule has 17 heavy (non-hydrogen) atoms. The fourth-order valence-corrected chi connectivity index (χ4v) is 1.50. The minimum atomic E-state index is -0.790. The molecule has 0 aromatic carbocycles. The molecule has 7 heteroatoms. The van der Waals surface area contributed by atoms with E-state index < -0.39 is 23.6 Å². The summed E-state index contributed by atoms with van der Waals surface area (Å²) in [6.07, 6.45) is 1.64. The van der Waals surface area contributed by atoms with E-state index in [2.05, 4.69) is 5.32 Å². The minimum Gasteiger partial charge on any atom is -0.444 e. The molecule has 2 amide bonds. The van der Waals surface area contributed by atoms with Gasteiger partial charge in [0.1, 0.15) is 11.6 Å². The molecule has 0 fully saturated rings. The van der Waals surface area contributed by atoms with Crippen LogP contribution in [0, 0.1) is 0 Å². The van der Waals surface area contributed by atoms with Crippen molar-refractivity contribution in [3.8, 4) is 0 Å². The van der Waals surface area contributed by atoms with Gasteiger partial charge in [0.25, 0.3) is 5.91 Å². The second-order valence-electron chi connectivity index (χ2n) is 4.46. The third-order valence-electron chi connectivity index (χ3n) is 1.73. The van der Waals surface area contributed by atoms with Crippen molar-refractivity contribution < 1.29 is 19.5 Å². The Morgan fingerprint density at radius 2 is 2.00 bits per heavy atom. The topological polar surface area (TPSA) is 87.7 Å². The highest BCUT2D eigenvalue weighted by Crippen LogP contribution is 2.08. The van der Waals surface area contributed by atoms with E-state index in [1.54, 1.807) is 32.5 Å². The molecule has 0 heterocycles. The SMILES string of the molecule is CSCC[C@@H](NC(=O)OC(C)(C)C)C(=O)NO. The summed E-state index contributed by atoms with van der Waals surface area (Å²) in [5, 5.41) is 11.0. The Kier molecular flexibility index (Phi) is 6.98. The monoisotopic (exact) mass is 264 g/mol. The molecule has 0 aliphatic carbocycles. The molecule has 1 atom stereocenters. The van der Waals surface area contributed by atoms with Crippen LogP contribution in [0.3, 0.4) is 0 Å². The molecule has 0 saturated heterocycles. The first kappa shape index (κ1) is 16.1. The highest BCUT2D eigenvalue weighted by molar-refractivity contribution is 7.98. The first-order valence-electron chi connectivity index (χ1n) is 5.22. The highest BCUT2D eigenvalue weighted by atomic mass is 32.2. The predicted octanol–water partition coefficient (Wildman–Crippen LogP) is 1.14. The number of hydrogen-bond donors (Lipinski definition) is 3. The second kappa shape index (κ2) is 7.39. The highest BCUT2D eigenvalue weighted by Gasteiger charge is 2.23. The van der Waals surface area contributed by atoms with E-state index in [-0.39, 0.29) is 0 Å². The minimum absolute atomic E-state index is 0.423. The Hall–Kier alpha value is -0.950. The zero-order chi connectivity index (χ0) is 13.5. The van der Waals surface area contributed by atoms with Crippen LogP contribution in [0.25, 0.3) is 0 Å². The molecule has 3 N–H and O–H groups in total. The van der Waals surface area contributed by atoms with E-state index in [0.29, 0.717) is 12.2 Å². The molecular formula is C10H20N2O4S. The smallest absolute Gasteiger partial charge is 0.408 e. The summed E-state index contributed by atoms with van der Waals surface area (Å²) < 4.78 is 5.02. The van der Waals surface area contributed by atoms with Gasteiger partial charge in [-0.05, 0) is 39.2 Å². The molecule has 0 aliphatic heterocycles. The molecule has 0 unspecified atom stereocenters. The summed E-state index contributed by atoms with van der Waals surface area (Å²) >= 11 is 1.54. The number of thioether (sulfide) groups is 1. The van der Waals surface area contributed by atoms with Crippen LogP contribution in [0.4, 0.5) is 4.79 Å². The Balaban J connectivity index is 4.32. The lowest BCUT2D eigenvalue weighted by Gasteiger charge is -2.22. The fourth-order valence-electron chi connectivity index (χ4n) is 1.03. The van der Waals surface area contributed by atoms with Gasteiger partial charge in [-0.25, -0.2) is 10.3 Å². The molecular weight excluding hydrogens is 244 g/mol. The van der Waals surface area contributed by atoms with Crippen LogP contribution >= 0.6 is 11.8 Å². The molecule has 0 aliphatic rings. The molecule has 0 rings (SSSR count). The lowest BCUT2D eigenvalue weighted by atomic mass is 10.2. The van der Waals surface area contributed by atoms with Crippen molar-refractivity contribution in [1.82, 2.24) is 10.8 Å². The van der Waals surface area contributed by atoms with Gasteiger partial charge in [0.05, 0.1) is 0 Å². The van der Waals surface area contributed by atoms with Crippen LogP contribution in [-0.2, 0) is 9.53 Å². The molecule has 0 aromatic heterocycles. The summed E-state index contributed by atoms with van der Waals surface area (Å²) in [6.45, 7) is 5.20. The number of alkyl carbamates (subject to hydrolysis) is 1. The van der Waals surface area contributed by atoms with E-state index in [9.17, 15) is 9.59 Å². The standard InChI is InChI=1S/C10H20N2O4S/c1-10(2,3)16-9(14)11-7(5-6-17-4)8(13)12-15/h7,15H,5-6H2,1-4H3,(H,11,14)(H,12,13)/t7-/m1/s1. The zero-order valence-corrected chi connectivity index (χ0v) is 11.4. The number of hydroxylamine groups is 1. The molecule has 0 radical (unpaired) electrons. The van der Waals surface area contributed by atoms with Crippen molar-refractivity contribution >= 4 is 23.8 Å². The number of rotatable bonds is 5. The third-order valence-corrected chi connectivity index (χ3v) is 2.37. The molecule has 100 valence electrons. The summed E-state index contributed by atoms with van der Waals surface area (Å²) in [5.41, 5.74) is 0.902. The number of amides is 2. The lowest BCUT2D eigenvalue weighted by Crippen LogP contribution is -2.47. The van der Waals surface area contributed by atoms with Gasteiger partial charge >= 0.3 is 6.09 Å². The van der Waals surface area contributed by atoms with Crippen molar-refractivity contribution in [3.63, 3.8) is 0 Å². The van der Waals surface area contributed by atoms with Crippen LogP contribution in [0.5, 0.6) is 0 Å². The number of carbonyl (C=O) groups excluding carboxylic acids is 2. The molecule has 0 bridgehead atoms. The van der Waals surface area contributed by atoms with Gasteiger partial charge in [0.2, 0.25) is 0 Å². The van der Waals surface area contributed by atoms with Gasteiger partial charge in [-0.3, -0.25) is 10.0 Å². The van der Waals surface area contributed by atoms with E-state index in [1.165, 1.54) is 5.48 Å². The van der Waals surface area contributed by atoms with Crippen LogP contribution in [0.15, 0.2) is 0 Å². The number of hydrogen-bond acceptors (Lipinski definition) is 5. The van der Waals surface area contributed by atoms with Gasteiger partial charge in [-0.15, -0.1) is 0 Å². The summed E-state index contributed by atoms with van der Waals surface area (Å²) in [4.78, 5) is 22.7. The maximum Gasteiger partial charge on any atom is 0.408 e. The summed E-state index contributed by atoms with van der Waals surface area (Å²) in [5.74, 6) is 0.0401. The summed E-state index contributed by atoms with van der Waals surface area (Å²) in [6, 6.07) is -0.790. The van der Waals surface area contributed by atoms with Gasteiger partial charge in [-0.2, -0.15) is 11.8 Å². The Labute approximate surface area is 105 Å². The van der Waals surface area contributed by atoms with E-state index >= 15 is 0 Å². The molecule has 0 saturated carbocycles. The number of nitrogens with one attached hydrogen (secondary N) is 2. The van der Waals surface area contributed by atoms with Gasteiger partial charge in [-0.1, -0.05) is 0 Å². The van der Waals surface area contributed by atoms with Crippen molar-refractivity contribution in [2.75, 3.05) is 12.0 Å². The van der Waals surface area contributed by atoms with Crippen molar-refractivity contribution in [1.29, 1.82) is 0 Å². The zero-order valence-electron chi connectivity index (χ0n) is 10.6. The molecule has 0 aromatic rings. The van der Waals surface area contributed by atoms with E-state index in [0.717, 1.165) is 0 Å². The van der Waals surface area contributed by atoms with E-state index in [1.807, 2.05) is 6.26 Å². The van der Waals surface area contributed by atoms with E-state index in [4.69, 9.17) is 9.94 Å². The maximum absolute atomic E-state index is 11.5. The van der Waals surface area contributed by atoms with Crippen molar-refractivity contribution in [2.24, 2.45) is 0 Å². The largest absolute Gasteiger partial charge is 0.444 e. The molecule has 6 nitrogen and oxygen atoms in total. The average Bonchev–Trinajstić information content (AvgIpc) is 2.20. The van der Waals surface area contributed by atoms with Gasteiger partial charge < -0.3 is 10.1 Å². The molecule has 0 spiro atoms. The third kappa shape index (κ3) is 7.87. The maximum atomic E-state index is 11.5. The Bertz CT molecular complexity index is 266. The van der Waals surface area contributed by atoms with Crippen LogP contribution in [-0.4, -0.2) is 40.9 Å². The Morgan fingerprint density at radius 3 is 2.41 bits per heavy atom. The second-order valence-corrected chi connectivity index (χ2v) is 5.44. The van der Waals surface area contributed by atoms with Gasteiger partial charge in [0.15, 0.2) is 0 Å². The van der Waals surface area contributed by atoms with Crippen molar-refractivity contribution in [2.45, 2.75) is 38.8 Å². The van der Waals surface area contributed by atoms with Crippen LogP contribution < -0.4 is 10.8 Å². The number of ether oxygens (including phenoxy) is 1. The van der Waals surface area contributed by atoms with Crippen LogP contribution in [0.2, 0.25) is 0 Å². The predicted molar refractivity (Wildman–Crippen MR) is 66.1 cm³/mol. The Morgan fingerprint density at radius 1 is 1.41 bits per heavy atom.